The van der Waals surface area contributed by atoms with E-state index in [0.29, 0.717) is 12.0 Å². The molecule has 1 rings (SSSR count). The summed E-state index contributed by atoms with van der Waals surface area (Å²) in [6, 6.07) is -0.613. The molecule has 0 amide bonds. The van der Waals surface area contributed by atoms with E-state index < -0.39 is 0 Å². The Bertz CT molecular complexity index is 333. The second-order valence-corrected chi connectivity index (χ2v) is 3.60. The highest BCUT2D eigenvalue weighted by atomic mass is 16.5. The molecule has 2 N–H and O–H groups in total. The smallest absolute Gasteiger partial charge is 0.333 e. The van der Waals surface area contributed by atoms with Crippen LogP contribution in [0.25, 0.3) is 10.4 Å². The molecule has 0 heterocycles. The first-order valence-electron chi connectivity index (χ1n) is 4.69. The molecular formula is C9H14N4O2. The van der Waals surface area contributed by atoms with Crippen molar-refractivity contribution in [2.75, 3.05) is 7.11 Å². The van der Waals surface area contributed by atoms with Crippen molar-refractivity contribution in [1.82, 2.24) is 0 Å². The van der Waals surface area contributed by atoms with Crippen LogP contribution in [0.5, 0.6) is 0 Å². The second-order valence-electron chi connectivity index (χ2n) is 3.60. The number of hydrogen-bond acceptors (Lipinski definition) is 4. The summed E-state index contributed by atoms with van der Waals surface area (Å²) in [6.07, 6.45) is 2.13. The van der Waals surface area contributed by atoms with Gasteiger partial charge in [0, 0.05) is 16.5 Å². The van der Waals surface area contributed by atoms with E-state index in [2.05, 4.69) is 14.8 Å². The van der Waals surface area contributed by atoms with Gasteiger partial charge in [-0.05, 0) is 17.9 Å². The fourth-order valence-electron chi connectivity index (χ4n) is 1.67. The lowest BCUT2D eigenvalue weighted by Gasteiger charge is -2.29. The number of esters is 1. The maximum absolute atomic E-state index is 11.3. The van der Waals surface area contributed by atoms with Crippen molar-refractivity contribution < 1.29 is 9.53 Å². The molecule has 6 nitrogen and oxygen atoms in total. The number of carbonyl (C=O) groups is 1. The zero-order valence-electron chi connectivity index (χ0n) is 8.75. The van der Waals surface area contributed by atoms with Crippen molar-refractivity contribution in [2.45, 2.75) is 25.4 Å². The molecule has 0 aromatic rings. The van der Waals surface area contributed by atoms with Crippen molar-refractivity contribution in [3.8, 4) is 0 Å². The number of rotatable bonds is 2. The Kier molecular flexibility index (Phi) is 3.71. The van der Waals surface area contributed by atoms with E-state index in [-0.39, 0.29) is 24.0 Å². The maximum atomic E-state index is 11.3. The minimum absolute atomic E-state index is 0.00310. The van der Waals surface area contributed by atoms with E-state index in [1.54, 1.807) is 6.08 Å². The standard InChI is InChI=1S/C9H14N4O2/c1-5-3-6(9(14)15-2)4-7(8(5)10)12-13-11/h3,5,7-8H,4,10H2,1-2H3/t5-,7+,8+/m1/s1. The number of methoxy groups -OCH3 is 1. The number of carbonyl (C=O) groups excluding carboxylic acids is 1. The summed E-state index contributed by atoms with van der Waals surface area (Å²) in [5, 5.41) is 3.59. The van der Waals surface area contributed by atoms with Crippen LogP contribution in [0.2, 0.25) is 0 Å². The molecule has 1 aliphatic carbocycles. The largest absolute Gasteiger partial charge is 0.466 e. The molecule has 15 heavy (non-hydrogen) atoms. The van der Waals surface area contributed by atoms with Crippen LogP contribution in [0, 0.1) is 5.92 Å². The third-order valence-corrected chi connectivity index (χ3v) is 2.59. The molecule has 6 heteroatoms. The molecule has 1 aliphatic rings. The predicted molar refractivity (Wildman–Crippen MR) is 54.8 cm³/mol. The van der Waals surface area contributed by atoms with Gasteiger partial charge in [-0.3, -0.25) is 0 Å². The molecule has 0 unspecified atom stereocenters. The Morgan fingerprint density at radius 2 is 2.47 bits per heavy atom. The summed E-state index contributed by atoms with van der Waals surface area (Å²) in [5.74, 6) is -0.379. The van der Waals surface area contributed by atoms with Gasteiger partial charge in [0.15, 0.2) is 0 Å². The zero-order valence-corrected chi connectivity index (χ0v) is 8.75. The van der Waals surface area contributed by atoms with Gasteiger partial charge < -0.3 is 10.5 Å². The summed E-state index contributed by atoms with van der Waals surface area (Å²) in [6.45, 7) is 1.88. The summed E-state index contributed by atoms with van der Waals surface area (Å²) in [5.41, 5.74) is 14.8. The Balaban J connectivity index is 2.90. The Morgan fingerprint density at radius 3 is 3.00 bits per heavy atom. The van der Waals surface area contributed by atoms with E-state index in [0.717, 1.165) is 0 Å². The van der Waals surface area contributed by atoms with Crippen LogP contribution >= 0.6 is 0 Å². The van der Waals surface area contributed by atoms with Gasteiger partial charge in [-0.2, -0.15) is 0 Å². The molecule has 0 saturated heterocycles. The molecule has 3 atom stereocenters. The average Bonchev–Trinajstić information content (AvgIpc) is 2.23. The van der Waals surface area contributed by atoms with Crippen LogP contribution in [0.1, 0.15) is 13.3 Å². The van der Waals surface area contributed by atoms with Crippen LogP contribution in [-0.2, 0) is 9.53 Å². The van der Waals surface area contributed by atoms with E-state index in [1.807, 2.05) is 6.92 Å². The highest BCUT2D eigenvalue weighted by molar-refractivity contribution is 5.88. The zero-order chi connectivity index (χ0) is 11.4. The first kappa shape index (κ1) is 11.6. The summed E-state index contributed by atoms with van der Waals surface area (Å²) in [7, 11) is 1.32. The van der Waals surface area contributed by atoms with E-state index >= 15 is 0 Å². The summed E-state index contributed by atoms with van der Waals surface area (Å²) in [4.78, 5) is 14.0. The SMILES string of the molecule is COC(=O)C1=C[C@@H](C)[C@H](N)[C@@H](N=[N+]=[N-])C1. The third kappa shape index (κ3) is 2.49. The molecule has 0 aromatic carbocycles. The number of nitrogens with zero attached hydrogens (tertiary/aromatic N) is 3. The second kappa shape index (κ2) is 4.82. The Labute approximate surface area is 87.7 Å². The number of nitrogens with two attached hydrogens (primary N) is 1. The molecule has 0 aliphatic heterocycles. The maximum Gasteiger partial charge on any atom is 0.333 e. The predicted octanol–water partition coefficient (Wildman–Crippen LogP) is 1.13. The fraction of sp³-hybridized carbons (Fsp3) is 0.667. The van der Waals surface area contributed by atoms with Crippen LogP contribution in [0.3, 0.4) is 0 Å². The van der Waals surface area contributed by atoms with Gasteiger partial charge in [-0.25, -0.2) is 4.79 Å². The highest BCUT2D eigenvalue weighted by Crippen LogP contribution is 2.25. The summed E-state index contributed by atoms with van der Waals surface area (Å²) < 4.78 is 4.62. The lowest BCUT2D eigenvalue weighted by Crippen LogP contribution is -2.42. The van der Waals surface area contributed by atoms with E-state index in [1.165, 1.54) is 7.11 Å². The van der Waals surface area contributed by atoms with Crippen LogP contribution < -0.4 is 5.73 Å². The number of azide groups is 1. The normalized spacial score (nSPS) is 30.1. The van der Waals surface area contributed by atoms with Crippen LogP contribution in [-0.4, -0.2) is 25.2 Å². The minimum atomic E-state index is -0.383. The van der Waals surface area contributed by atoms with Crippen LogP contribution in [0.15, 0.2) is 16.8 Å². The van der Waals surface area contributed by atoms with Gasteiger partial charge in [0.05, 0.1) is 13.2 Å². The Hall–Kier alpha value is -1.52. The van der Waals surface area contributed by atoms with E-state index in [9.17, 15) is 4.79 Å². The molecular weight excluding hydrogens is 196 g/mol. The van der Waals surface area contributed by atoms with Gasteiger partial charge in [0.1, 0.15) is 0 Å². The summed E-state index contributed by atoms with van der Waals surface area (Å²) >= 11 is 0. The van der Waals surface area contributed by atoms with Crippen LogP contribution in [0.4, 0.5) is 0 Å². The van der Waals surface area contributed by atoms with Gasteiger partial charge in [-0.15, -0.1) is 0 Å². The lowest BCUT2D eigenvalue weighted by atomic mass is 9.84. The van der Waals surface area contributed by atoms with Crippen molar-refractivity contribution >= 4 is 5.97 Å². The molecule has 0 fully saturated rings. The third-order valence-electron chi connectivity index (χ3n) is 2.59. The lowest BCUT2D eigenvalue weighted by molar-refractivity contribution is -0.136. The van der Waals surface area contributed by atoms with Gasteiger partial charge in [-0.1, -0.05) is 18.1 Å². The van der Waals surface area contributed by atoms with E-state index in [4.69, 9.17) is 11.3 Å². The first-order chi connectivity index (χ1) is 7.10. The molecule has 0 saturated carbocycles. The fourth-order valence-corrected chi connectivity index (χ4v) is 1.67. The number of hydrogen-bond donors (Lipinski definition) is 1. The quantitative estimate of drug-likeness (QED) is 0.320. The molecule has 0 bridgehead atoms. The topological polar surface area (TPSA) is 101 Å². The van der Waals surface area contributed by atoms with Gasteiger partial charge in [0.2, 0.25) is 0 Å². The van der Waals surface area contributed by atoms with Crippen molar-refractivity contribution in [3.63, 3.8) is 0 Å². The van der Waals surface area contributed by atoms with Gasteiger partial charge in [0.25, 0.3) is 0 Å². The molecule has 0 spiro atoms. The molecule has 0 aromatic heterocycles. The van der Waals surface area contributed by atoms with Gasteiger partial charge >= 0.3 is 5.97 Å². The number of ether oxygens (including phenoxy) is 1. The minimum Gasteiger partial charge on any atom is -0.466 e. The molecule has 0 radical (unpaired) electrons. The monoisotopic (exact) mass is 210 g/mol. The highest BCUT2D eigenvalue weighted by Gasteiger charge is 2.30. The first-order valence-corrected chi connectivity index (χ1v) is 4.69. The Morgan fingerprint density at radius 1 is 1.80 bits per heavy atom. The molecule has 82 valence electrons. The van der Waals surface area contributed by atoms with Crippen molar-refractivity contribution in [2.24, 2.45) is 16.8 Å². The van der Waals surface area contributed by atoms with Crippen molar-refractivity contribution in [3.05, 3.63) is 22.1 Å². The van der Waals surface area contributed by atoms with Crippen molar-refractivity contribution in [1.29, 1.82) is 0 Å². The average molecular weight is 210 g/mol.